The lowest BCUT2D eigenvalue weighted by Crippen LogP contribution is -2.30. The summed E-state index contributed by atoms with van der Waals surface area (Å²) in [7, 11) is 0. The standard InChI is InChI=1S/C13H14O4/c1-2-16-12(14)7-9-8-17-11-6-4-3-5-10(11)13(9)15/h3-6,9H,2,7-8H2,1H3. The van der Waals surface area contributed by atoms with Gasteiger partial charge in [0.2, 0.25) is 0 Å². The molecule has 0 radical (unpaired) electrons. The molecule has 1 aliphatic rings. The summed E-state index contributed by atoms with van der Waals surface area (Å²) in [6, 6.07) is 7.08. The number of hydrogen-bond acceptors (Lipinski definition) is 4. The Hall–Kier alpha value is -1.84. The second kappa shape index (κ2) is 4.99. The van der Waals surface area contributed by atoms with Crippen molar-refractivity contribution in [2.45, 2.75) is 13.3 Å². The van der Waals surface area contributed by atoms with Crippen LogP contribution >= 0.6 is 0 Å². The van der Waals surface area contributed by atoms with Crippen molar-refractivity contribution in [3.05, 3.63) is 29.8 Å². The van der Waals surface area contributed by atoms with E-state index in [-0.39, 0.29) is 24.8 Å². The van der Waals surface area contributed by atoms with Crippen LogP contribution in [0.3, 0.4) is 0 Å². The molecule has 0 aliphatic carbocycles. The molecule has 0 spiro atoms. The van der Waals surface area contributed by atoms with Crippen LogP contribution in [-0.4, -0.2) is 25.0 Å². The molecule has 0 aromatic heterocycles. The van der Waals surface area contributed by atoms with Crippen LogP contribution in [0.1, 0.15) is 23.7 Å². The summed E-state index contributed by atoms with van der Waals surface area (Å²) in [5.74, 6) is -0.227. The highest BCUT2D eigenvalue weighted by Gasteiger charge is 2.30. The molecule has 1 unspecified atom stereocenters. The van der Waals surface area contributed by atoms with Crippen LogP contribution in [-0.2, 0) is 9.53 Å². The van der Waals surface area contributed by atoms with Gasteiger partial charge >= 0.3 is 5.97 Å². The van der Waals surface area contributed by atoms with Gasteiger partial charge in [-0.25, -0.2) is 0 Å². The van der Waals surface area contributed by atoms with Crippen LogP contribution in [0.15, 0.2) is 24.3 Å². The molecule has 1 aliphatic heterocycles. The topological polar surface area (TPSA) is 52.6 Å². The molecule has 0 bridgehead atoms. The van der Waals surface area contributed by atoms with Gasteiger partial charge in [0, 0.05) is 0 Å². The second-order valence-corrected chi connectivity index (χ2v) is 3.88. The van der Waals surface area contributed by atoms with Gasteiger partial charge in [-0.05, 0) is 19.1 Å². The van der Waals surface area contributed by atoms with Crippen LogP contribution in [0.2, 0.25) is 0 Å². The zero-order chi connectivity index (χ0) is 12.3. The maximum Gasteiger partial charge on any atom is 0.306 e. The van der Waals surface area contributed by atoms with Gasteiger partial charge in [0.1, 0.15) is 5.75 Å². The number of carbonyl (C=O) groups is 2. The Kier molecular flexibility index (Phi) is 3.42. The fraction of sp³-hybridized carbons (Fsp3) is 0.385. The third-order valence-corrected chi connectivity index (χ3v) is 2.68. The first-order chi connectivity index (χ1) is 8.22. The molecule has 0 saturated carbocycles. The Morgan fingerprint density at radius 1 is 1.47 bits per heavy atom. The van der Waals surface area contributed by atoms with Gasteiger partial charge in [-0.3, -0.25) is 9.59 Å². The van der Waals surface area contributed by atoms with Gasteiger partial charge in [0.05, 0.1) is 31.1 Å². The molecule has 17 heavy (non-hydrogen) atoms. The average molecular weight is 234 g/mol. The van der Waals surface area contributed by atoms with E-state index >= 15 is 0 Å². The Labute approximate surface area is 99.5 Å². The molecule has 2 rings (SSSR count). The third-order valence-electron chi connectivity index (χ3n) is 2.68. The second-order valence-electron chi connectivity index (χ2n) is 3.88. The van der Waals surface area contributed by atoms with Crippen molar-refractivity contribution in [1.29, 1.82) is 0 Å². The maximum absolute atomic E-state index is 12.1. The molecular formula is C13H14O4. The summed E-state index contributed by atoms with van der Waals surface area (Å²) >= 11 is 0. The highest BCUT2D eigenvalue weighted by atomic mass is 16.5. The van der Waals surface area contributed by atoms with Crippen LogP contribution in [0.5, 0.6) is 5.75 Å². The minimum Gasteiger partial charge on any atom is -0.492 e. The van der Waals surface area contributed by atoms with E-state index in [1.807, 2.05) is 6.07 Å². The predicted octanol–water partition coefficient (Wildman–Crippen LogP) is 1.83. The Morgan fingerprint density at radius 3 is 3.00 bits per heavy atom. The van der Waals surface area contributed by atoms with E-state index in [9.17, 15) is 9.59 Å². The fourth-order valence-electron chi connectivity index (χ4n) is 1.85. The molecule has 90 valence electrons. The molecule has 1 atom stereocenters. The molecular weight excluding hydrogens is 220 g/mol. The lowest BCUT2D eigenvalue weighted by molar-refractivity contribution is -0.144. The summed E-state index contributed by atoms with van der Waals surface area (Å²) in [5.41, 5.74) is 0.549. The number of para-hydroxylation sites is 1. The van der Waals surface area contributed by atoms with E-state index < -0.39 is 5.92 Å². The fourth-order valence-corrected chi connectivity index (χ4v) is 1.85. The first-order valence-corrected chi connectivity index (χ1v) is 5.64. The lowest BCUT2D eigenvalue weighted by Gasteiger charge is -2.23. The summed E-state index contributed by atoms with van der Waals surface area (Å²) in [4.78, 5) is 23.4. The van der Waals surface area contributed by atoms with Crippen LogP contribution in [0, 0.1) is 5.92 Å². The van der Waals surface area contributed by atoms with E-state index in [4.69, 9.17) is 9.47 Å². The summed E-state index contributed by atoms with van der Waals surface area (Å²) < 4.78 is 10.3. The average Bonchev–Trinajstić information content (AvgIpc) is 2.33. The number of benzene rings is 1. The van der Waals surface area contributed by atoms with Gasteiger partial charge in [-0.15, -0.1) is 0 Å². The number of carbonyl (C=O) groups excluding carboxylic acids is 2. The summed E-state index contributed by atoms with van der Waals surface area (Å²) in [6.07, 6.45) is 0.0843. The zero-order valence-electron chi connectivity index (χ0n) is 9.64. The number of fused-ring (bicyclic) bond motifs is 1. The summed E-state index contributed by atoms with van der Waals surface area (Å²) in [5, 5.41) is 0. The van der Waals surface area contributed by atoms with Crippen molar-refractivity contribution in [2.24, 2.45) is 5.92 Å². The highest BCUT2D eigenvalue weighted by Crippen LogP contribution is 2.28. The zero-order valence-corrected chi connectivity index (χ0v) is 9.64. The third kappa shape index (κ3) is 2.46. The molecule has 0 fully saturated rings. The number of rotatable bonds is 3. The first-order valence-electron chi connectivity index (χ1n) is 5.64. The van der Waals surface area contributed by atoms with Crippen LogP contribution < -0.4 is 4.74 Å². The predicted molar refractivity (Wildman–Crippen MR) is 61.0 cm³/mol. The quantitative estimate of drug-likeness (QED) is 0.749. The van der Waals surface area contributed by atoms with Gasteiger partial charge in [0.15, 0.2) is 5.78 Å². The maximum atomic E-state index is 12.1. The van der Waals surface area contributed by atoms with E-state index in [0.29, 0.717) is 17.9 Å². The molecule has 0 saturated heterocycles. The number of ketones is 1. The van der Waals surface area contributed by atoms with Crippen molar-refractivity contribution in [1.82, 2.24) is 0 Å². The van der Waals surface area contributed by atoms with Gasteiger partial charge < -0.3 is 9.47 Å². The number of hydrogen-bond donors (Lipinski definition) is 0. The minimum atomic E-state index is -0.427. The minimum absolute atomic E-state index is 0.0418. The molecule has 0 N–H and O–H groups in total. The lowest BCUT2D eigenvalue weighted by atomic mass is 9.92. The van der Waals surface area contributed by atoms with Crippen LogP contribution in [0.25, 0.3) is 0 Å². The van der Waals surface area contributed by atoms with Gasteiger partial charge in [-0.2, -0.15) is 0 Å². The van der Waals surface area contributed by atoms with E-state index in [2.05, 4.69) is 0 Å². The molecule has 4 heteroatoms. The van der Waals surface area contributed by atoms with Crippen molar-refractivity contribution >= 4 is 11.8 Å². The van der Waals surface area contributed by atoms with E-state index in [1.165, 1.54) is 0 Å². The first kappa shape index (κ1) is 11.6. The van der Waals surface area contributed by atoms with Gasteiger partial charge in [0.25, 0.3) is 0 Å². The Balaban J connectivity index is 2.10. The molecule has 4 nitrogen and oxygen atoms in total. The largest absolute Gasteiger partial charge is 0.492 e. The van der Waals surface area contributed by atoms with Crippen molar-refractivity contribution in [3.8, 4) is 5.75 Å². The summed E-state index contributed by atoms with van der Waals surface area (Å²) in [6.45, 7) is 2.32. The molecule has 1 aromatic rings. The van der Waals surface area contributed by atoms with E-state index in [1.54, 1.807) is 25.1 Å². The van der Waals surface area contributed by atoms with Crippen molar-refractivity contribution < 1.29 is 19.1 Å². The molecule has 0 amide bonds. The number of esters is 1. The van der Waals surface area contributed by atoms with E-state index in [0.717, 1.165) is 0 Å². The normalized spacial score (nSPS) is 18.2. The highest BCUT2D eigenvalue weighted by molar-refractivity contribution is 6.02. The smallest absolute Gasteiger partial charge is 0.306 e. The van der Waals surface area contributed by atoms with Crippen molar-refractivity contribution in [2.75, 3.05) is 13.2 Å². The van der Waals surface area contributed by atoms with Crippen LogP contribution in [0.4, 0.5) is 0 Å². The molecule has 1 aromatic carbocycles. The number of ether oxygens (including phenoxy) is 2. The van der Waals surface area contributed by atoms with Gasteiger partial charge in [-0.1, -0.05) is 12.1 Å². The Bertz CT molecular complexity index is 439. The molecule has 1 heterocycles. The SMILES string of the molecule is CCOC(=O)CC1COc2ccccc2C1=O. The monoisotopic (exact) mass is 234 g/mol. The van der Waals surface area contributed by atoms with Crippen molar-refractivity contribution in [3.63, 3.8) is 0 Å². The number of Topliss-reactive ketones (excluding diaryl/α,β-unsaturated/α-hetero) is 1. The Morgan fingerprint density at radius 2 is 2.24 bits per heavy atom.